The van der Waals surface area contributed by atoms with Gasteiger partial charge >= 0.3 is 0 Å². The van der Waals surface area contributed by atoms with Crippen LogP contribution in [0.15, 0.2) is 175 Å². The molecule has 8 aromatic carbocycles. The first-order valence-electron chi connectivity index (χ1n) is 18.6. The van der Waals surface area contributed by atoms with E-state index in [1.165, 1.54) is 60.7 Å². The highest BCUT2D eigenvalue weighted by atomic mass is 16.3. The van der Waals surface area contributed by atoms with Crippen LogP contribution < -0.4 is 4.90 Å². The number of hydrogen-bond donors (Lipinski definition) is 1. The second kappa shape index (κ2) is 12.1. The molecule has 0 atom stereocenters. The summed E-state index contributed by atoms with van der Waals surface area (Å²) in [6.07, 6.45) is 7.11. The van der Waals surface area contributed by atoms with Crippen LogP contribution in [-0.4, -0.2) is 5.11 Å². The van der Waals surface area contributed by atoms with Crippen LogP contribution in [0, 0.1) is 0 Å². The van der Waals surface area contributed by atoms with E-state index < -0.39 is 0 Å². The van der Waals surface area contributed by atoms with Crippen LogP contribution in [0.2, 0.25) is 0 Å². The maximum Gasteiger partial charge on any atom is 0.116 e. The van der Waals surface area contributed by atoms with Crippen molar-refractivity contribution in [3.63, 3.8) is 0 Å². The van der Waals surface area contributed by atoms with Crippen LogP contribution in [0.1, 0.15) is 37.8 Å². The molecule has 0 unspecified atom stereocenters. The molecule has 0 aromatic heterocycles. The minimum absolute atomic E-state index is 0.0454. The van der Waals surface area contributed by atoms with Gasteiger partial charge in [-0.05, 0) is 144 Å². The Balaban J connectivity index is 1.08. The molecule has 0 saturated heterocycles. The van der Waals surface area contributed by atoms with Gasteiger partial charge in [0.1, 0.15) is 5.75 Å². The van der Waals surface area contributed by atoms with Crippen LogP contribution in [0.3, 0.4) is 0 Å². The van der Waals surface area contributed by atoms with Gasteiger partial charge in [0.25, 0.3) is 0 Å². The summed E-state index contributed by atoms with van der Waals surface area (Å²) in [5.74, 6) is 0.288. The van der Waals surface area contributed by atoms with Crippen LogP contribution >= 0.6 is 0 Å². The first kappa shape index (κ1) is 31.4. The molecule has 2 aliphatic rings. The molecule has 0 spiro atoms. The highest BCUT2D eigenvalue weighted by molar-refractivity contribution is 6.26. The van der Waals surface area contributed by atoms with Crippen molar-refractivity contribution < 1.29 is 5.11 Å². The van der Waals surface area contributed by atoms with Crippen LogP contribution in [-0.2, 0) is 5.41 Å². The van der Waals surface area contributed by atoms with Crippen molar-refractivity contribution in [1.29, 1.82) is 0 Å². The molecule has 0 heterocycles. The Kier molecular flexibility index (Phi) is 7.16. The summed E-state index contributed by atoms with van der Waals surface area (Å²) in [6, 6.07) is 56.6. The standard InChI is InChI=1S/C51H39NO/c1-51(2)49-15-9-8-14-45(49)46-28-25-39(31-50(46)51)52(37-21-16-34(17-22-37)33-10-4-3-5-11-33)38-23-18-35(19-24-38)36-20-27-43-44-29-26-40(53)32-48(44)42-13-7-6-12-41(42)47(43)30-36/h3-7,10-32,53H,8-9H2,1-2H3. The molecule has 0 saturated carbocycles. The fourth-order valence-corrected chi connectivity index (χ4v) is 8.90. The number of phenolic OH excluding ortho intramolecular Hbond substituents is 1. The largest absolute Gasteiger partial charge is 0.508 e. The van der Waals surface area contributed by atoms with E-state index in [9.17, 15) is 5.11 Å². The van der Waals surface area contributed by atoms with E-state index in [1.54, 1.807) is 6.07 Å². The Labute approximate surface area is 310 Å². The molecule has 8 aromatic rings. The van der Waals surface area contributed by atoms with Crippen molar-refractivity contribution in [2.24, 2.45) is 0 Å². The van der Waals surface area contributed by atoms with Crippen LogP contribution in [0.5, 0.6) is 5.75 Å². The normalized spacial score (nSPS) is 14.5. The van der Waals surface area contributed by atoms with Gasteiger partial charge in [-0.1, -0.05) is 129 Å². The molecule has 0 amide bonds. The molecule has 2 nitrogen and oxygen atoms in total. The minimum Gasteiger partial charge on any atom is -0.508 e. The lowest BCUT2D eigenvalue weighted by molar-refractivity contribution is 0.476. The lowest BCUT2D eigenvalue weighted by Gasteiger charge is -2.28. The Morgan fingerprint density at radius 1 is 0.453 bits per heavy atom. The summed E-state index contributed by atoms with van der Waals surface area (Å²) >= 11 is 0. The van der Waals surface area contributed by atoms with E-state index in [0.29, 0.717) is 0 Å². The average Bonchev–Trinajstić information content (AvgIpc) is 3.44. The quantitative estimate of drug-likeness (QED) is 0.183. The molecule has 0 fully saturated rings. The molecule has 2 heteroatoms. The Morgan fingerprint density at radius 2 is 0.981 bits per heavy atom. The van der Waals surface area contributed by atoms with E-state index >= 15 is 0 Å². The first-order valence-corrected chi connectivity index (χ1v) is 18.6. The van der Waals surface area contributed by atoms with Gasteiger partial charge in [-0.3, -0.25) is 0 Å². The molecule has 0 aliphatic heterocycles. The maximum absolute atomic E-state index is 10.3. The van der Waals surface area contributed by atoms with Crippen molar-refractivity contribution in [1.82, 2.24) is 0 Å². The van der Waals surface area contributed by atoms with Crippen LogP contribution in [0.25, 0.3) is 60.1 Å². The summed E-state index contributed by atoms with van der Waals surface area (Å²) < 4.78 is 0. The van der Waals surface area contributed by atoms with Crippen molar-refractivity contribution in [3.05, 3.63) is 187 Å². The zero-order valence-electron chi connectivity index (χ0n) is 30.0. The number of allylic oxidation sites excluding steroid dienone is 4. The SMILES string of the molecule is CC1(C)C2=CCCC=C2c2ccc(N(c3ccc(-c4ccccc4)cc3)c3ccc(-c4ccc5c6ccc(O)cc6c6ccccc6c5c4)cc3)cc21. The molecule has 2 aliphatic carbocycles. The monoisotopic (exact) mass is 681 g/mol. The van der Waals surface area contributed by atoms with Crippen molar-refractivity contribution in [3.8, 4) is 28.0 Å². The fraction of sp³-hybridized carbons (Fsp3) is 0.0980. The third kappa shape index (κ3) is 5.09. The highest BCUT2D eigenvalue weighted by Gasteiger charge is 2.39. The Morgan fingerprint density at radius 3 is 1.68 bits per heavy atom. The lowest BCUT2D eigenvalue weighted by atomic mass is 9.80. The molecular formula is C51H39NO. The van der Waals surface area contributed by atoms with E-state index in [1.807, 2.05) is 12.1 Å². The number of aromatic hydroxyl groups is 1. The molecule has 0 radical (unpaired) electrons. The summed E-state index contributed by atoms with van der Waals surface area (Å²) in [4.78, 5) is 2.40. The number of fused-ring (bicyclic) bond motifs is 9. The summed E-state index contributed by atoms with van der Waals surface area (Å²) in [5, 5.41) is 17.3. The molecule has 0 bridgehead atoms. The number of rotatable bonds is 5. The molecule has 53 heavy (non-hydrogen) atoms. The number of benzene rings is 8. The number of hydrogen-bond acceptors (Lipinski definition) is 2. The molecule has 1 N–H and O–H groups in total. The number of phenols is 1. The highest BCUT2D eigenvalue weighted by Crippen LogP contribution is 2.53. The van der Waals surface area contributed by atoms with Crippen molar-refractivity contribution >= 4 is 55.0 Å². The molecule has 10 rings (SSSR count). The van der Waals surface area contributed by atoms with E-state index in [2.05, 4.69) is 170 Å². The average molecular weight is 682 g/mol. The van der Waals surface area contributed by atoms with Crippen LogP contribution in [0.4, 0.5) is 17.1 Å². The fourth-order valence-electron chi connectivity index (χ4n) is 8.90. The zero-order chi connectivity index (χ0) is 35.7. The smallest absolute Gasteiger partial charge is 0.116 e. The molecular weight excluding hydrogens is 643 g/mol. The zero-order valence-corrected chi connectivity index (χ0v) is 30.0. The number of anilines is 3. The van der Waals surface area contributed by atoms with Gasteiger partial charge in [-0.15, -0.1) is 0 Å². The minimum atomic E-state index is -0.0454. The van der Waals surface area contributed by atoms with Gasteiger partial charge in [0, 0.05) is 22.5 Å². The van der Waals surface area contributed by atoms with Gasteiger partial charge in [0.05, 0.1) is 0 Å². The molecule has 254 valence electrons. The third-order valence-corrected chi connectivity index (χ3v) is 11.6. The van der Waals surface area contributed by atoms with E-state index in [4.69, 9.17) is 0 Å². The van der Waals surface area contributed by atoms with Gasteiger partial charge in [-0.2, -0.15) is 0 Å². The summed E-state index contributed by atoms with van der Waals surface area (Å²) in [7, 11) is 0. The van der Waals surface area contributed by atoms with Crippen molar-refractivity contribution in [2.45, 2.75) is 32.1 Å². The van der Waals surface area contributed by atoms with E-state index in [0.717, 1.165) is 46.1 Å². The topological polar surface area (TPSA) is 23.5 Å². The first-order chi connectivity index (χ1) is 25.9. The van der Waals surface area contributed by atoms with Gasteiger partial charge in [0.15, 0.2) is 0 Å². The Bertz CT molecular complexity index is 2770. The predicted molar refractivity (Wildman–Crippen MR) is 224 cm³/mol. The van der Waals surface area contributed by atoms with Gasteiger partial charge < -0.3 is 10.0 Å². The maximum atomic E-state index is 10.3. The second-order valence-corrected chi connectivity index (χ2v) is 15.0. The van der Waals surface area contributed by atoms with E-state index in [-0.39, 0.29) is 11.2 Å². The predicted octanol–water partition coefficient (Wildman–Crippen LogP) is 14.1. The number of nitrogens with zero attached hydrogens (tertiary/aromatic N) is 1. The summed E-state index contributed by atoms with van der Waals surface area (Å²) in [6.45, 7) is 4.75. The second-order valence-electron chi connectivity index (χ2n) is 15.0. The Hall–Kier alpha value is -6.38. The lowest BCUT2D eigenvalue weighted by Crippen LogP contribution is -2.17. The van der Waals surface area contributed by atoms with Gasteiger partial charge in [0.2, 0.25) is 0 Å². The van der Waals surface area contributed by atoms with Gasteiger partial charge in [-0.25, -0.2) is 0 Å². The van der Waals surface area contributed by atoms with Crippen molar-refractivity contribution in [2.75, 3.05) is 4.90 Å². The third-order valence-electron chi connectivity index (χ3n) is 11.6. The summed E-state index contributed by atoms with van der Waals surface area (Å²) in [5.41, 5.74) is 13.8.